The van der Waals surface area contributed by atoms with Crippen molar-refractivity contribution in [3.63, 3.8) is 0 Å². The van der Waals surface area contributed by atoms with Gasteiger partial charge in [-0.25, -0.2) is 0 Å². The van der Waals surface area contributed by atoms with Crippen molar-refractivity contribution in [1.82, 2.24) is 0 Å². The third-order valence-corrected chi connectivity index (χ3v) is 6.91. The van der Waals surface area contributed by atoms with Gasteiger partial charge < -0.3 is 0 Å². The molecule has 1 rings (SSSR count). The Kier molecular flexibility index (Phi) is 21.8. The Balaban J connectivity index is 1.65. The van der Waals surface area contributed by atoms with Crippen molar-refractivity contribution in [1.29, 1.82) is 0 Å². The van der Waals surface area contributed by atoms with Crippen molar-refractivity contribution < 1.29 is 0 Å². The Morgan fingerprint density at radius 2 is 0.645 bits per heavy atom. The second kappa shape index (κ2) is 23.9. The Hall–Kier alpha value is -0.780. The second-order valence-electron chi connectivity index (χ2n) is 10.0. The number of hydrogen-bond acceptors (Lipinski definition) is 0. The van der Waals surface area contributed by atoms with Crippen molar-refractivity contribution in [2.45, 2.75) is 161 Å². The molecule has 0 heteroatoms. The standard InChI is InChI=1S/C31H56/c1-2-3-4-5-6-7-8-9-10-11-12-13-14-15-16-17-18-19-20-21-22-23-25-28-31-29-26-24-27-30-31/h24,26-27,29-30H,2-23,25,28H2,1H3. The summed E-state index contributed by atoms with van der Waals surface area (Å²) in [6, 6.07) is 11.0. The summed E-state index contributed by atoms with van der Waals surface area (Å²) in [5, 5.41) is 0. The zero-order valence-electron chi connectivity index (χ0n) is 21.4. The summed E-state index contributed by atoms with van der Waals surface area (Å²) in [5.41, 5.74) is 1.51. The minimum absolute atomic E-state index is 1.26. The van der Waals surface area contributed by atoms with E-state index in [1.165, 1.54) is 160 Å². The van der Waals surface area contributed by atoms with Crippen LogP contribution in [0.25, 0.3) is 0 Å². The van der Waals surface area contributed by atoms with Gasteiger partial charge in [0.25, 0.3) is 0 Å². The Morgan fingerprint density at radius 1 is 0.355 bits per heavy atom. The van der Waals surface area contributed by atoms with E-state index in [0.29, 0.717) is 0 Å². The third-order valence-electron chi connectivity index (χ3n) is 6.91. The number of hydrogen-bond donors (Lipinski definition) is 0. The molecular weight excluding hydrogens is 372 g/mol. The van der Waals surface area contributed by atoms with E-state index >= 15 is 0 Å². The zero-order chi connectivity index (χ0) is 22.1. The highest BCUT2D eigenvalue weighted by Gasteiger charge is 1.96. The van der Waals surface area contributed by atoms with Gasteiger partial charge in [-0.2, -0.15) is 0 Å². The molecule has 0 unspecified atom stereocenters. The van der Waals surface area contributed by atoms with Crippen LogP contribution in [-0.4, -0.2) is 0 Å². The van der Waals surface area contributed by atoms with Crippen molar-refractivity contribution in [3.8, 4) is 0 Å². The fourth-order valence-electron chi connectivity index (χ4n) is 4.76. The molecule has 0 spiro atoms. The van der Waals surface area contributed by atoms with Crippen LogP contribution < -0.4 is 0 Å². The zero-order valence-corrected chi connectivity index (χ0v) is 21.4. The number of benzene rings is 1. The van der Waals surface area contributed by atoms with E-state index in [2.05, 4.69) is 37.3 Å². The lowest BCUT2D eigenvalue weighted by Crippen LogP contribution is -1.86. The molecule has 0 saturated carbocycles. The number of rotatable bonds is 24. The molecule has 0 N–H and O–H groups in total. The Labute approximate surface area is 197 Å². The van der Waals surface area contributed by atoms with Crippen molar-refractivity contribution in [2.75, 3.05) is 0 Å². The maximum absolute atomic E-state index is 2.30. The molecule has 31 heavy (non-hydrogen) atoms. The molecule has 0 aromatic heterocycles. The largest absolute Gasteiger partial charge is 0.0654 e. The Morgan fingerprint density at radius 3 is 0.968 bits per heavy atom. The van der Waals surface area contributed by atoms with E-state index in [1.807, 2.05) is 0 Å². The summed E-state index contributed by atoms with van der Waals surface area (Å²) in [7, 11) is 0. The minimum atomic E-state index is 1.26. The molecule has 0 aliphatic rings. The normalized spacial score (nSPS) is 11.3. The molecule has 0 aliphatic carbocycles. The van der Waals surface area contributed by atoms with E-state index in [4.69, 9.17) is 0 Å². The first-order valence-electron chi connectivity index (χ1n) is 14.5. The average molecular weight is 429 g/mol. The lowest BCUT2D eigenvalue weighted by atomic mass is 10.0. The van der Waals surface area contributed by atoms with E-state index in [9.17, 15) is 0 Å². The van der Waals surface area contributed by atoms with Crippen molar-refractivity contribution in [3.05, 3.63) is 35.9 Å². The van der Waals surface area contributed by atoms with Crippen LogP contribution in [0.4, 0.5) is 0 Å². The SMILES string of the molecule is CCCCCCCCCCCCCCCCCCCCCCCCCc1ccccc1. The minimum Gasteiger partial charge on any atom is -0.0654 e. The maximum atomic E-state index is 2.30. The van der Waals surface area contributed by atoms with Gasteiger partial charge in [-0.15, -0.1) is 0 Å². The van der Waals surface area contributed by atoms with Crippen LogP contribution in [0.15, 0.2) is 30.3 Å². The van der Waals surface area contributed by atoms with Gasteiger partial charge in [0.2, 0.25) is 0 Å². The van der Waals surface area contributed by atoms with E-state index in [1.54, 1.807) is 0 Å². The lowest BCUT2D eigenvalue weighted by molar-refractivity contribution is 0.518. The predicted octanol–water partition coefficient (Wildman–Crippen LogP) is 11.2. The van der Waals surface area contributed by atoms with E-state index in [0.717, 1.165) is 0 Å². The molecule has 0 aliphatic heterocycles. The van der Waals surface area contributed by atoms with Gasteiger partial charge in [0.05, 0.1) is 0 Å². The van der Waals surface area contributed by atoms with Crippen molar-refractivity contribution >= 4 is 0 Å². The summed E-state index contributed by atoms with van der Waals surface area (Å²) >= 11 is 0. The first-order chi connectivity index (χ1) is 15.4. The van der Waals surface area contributed by atoms with Crippen LogP contribution in [0.3, 0.4) is 0 Å². The molecule has 180 valence electrons. The smallest absolute Gasteiger partial charge is 0.0279 e. The van der Waals surface area contributed by atoms with Gasteiger partial charge in [0, 0.05) is 0 Å². The number of aryl methyl sites for hydroxylation is 1. The van der Waals surface area contributed by atoms with E-state index in [-0.39, 0.29) is 0 Å². The number of unbranched alkanes of at least 4 members (excludes halogenated alkanes) is 22. The summed E-state index contributed by atoms with van der Waals surface area (Å²) in [6.07, 6.45) is 34.9. The van der Waals surface area contributed by atoms with Gasteiger partial charge in [0.15, 0.2) is 0 Å². The van der Waals surface area contributed by atoms with Gasteiger partial charge in [0.1, 0.15) is 0 Å². The molecule has 0 nitrogen and oxygen atoms in total. The monoisotopic (exact) mass is 428 g/mol. The van der Waals surface area contributed by atoms with Gasteiger partial charge >= 0.3 is 0 Å². The molecule has 0 radical (unpaired) electrons. The first kappa shape index (κ1) is 28.3. The molecule has 0 fully saturated rings. The van der Waals surface area contributed by atoms with Crippen LogP contribution in [-0.2, 0) is 6.42 Å². The molecular formula is C31H56. The van der Waals surface area contributed by atoms with Gasteiger partial charge in [-0.1, -0.05) is 179 Å². The van der Waals surface area contributed by atoms with Crippen LogP contribution in [0.2, 0.25) is 0 Å². The highest BCUT2D eigenvalue weighted by molar-refractivity contribution is 5.14. The Bertz CT molecular complexity index is 435. The average Bonchev–Trinajstić information content (AvgIpc) is 2.80. The molecule has 1 aromatic rings. The predicted molar refractivity (Wildman–Crippen MR) is 142 cm³/mol. The van der Waals surface area contributed by atoms with E-state index < -0.39 is 0 Å². The topological polar surface area (TPSA) is 0 Å². The van der Waals surface area contributed by atoms with Crippen molar-refractivity contribution in [2.24, 2.45) is 0 Å². The maximum Gasteiger partial charge on any atom is -0.0279 e. The third kappa shape index (κ3) is 20.9. The highest BCUT2D eigenvalue weighted by Crippen LogP contribution is 2.15. The van der Waals surface area contributed by atoms with Gasteiger partial charge in [-0.3, -0.25) is 0 Å². The molecule has 0 heterocycles. The molecule has 1 aromatic carbocycles. The molecule has 0 bridgehead atoms. The molecule has 0 saturated heterocycles. The molecule has 0 amide bonds. The van der Waals surface area contributed by atoms with Crippen LogP contribution in [0, 0.1) is 0 Å². The quantitative estimate of drug-likeness (QED) is 0.144. The fourth-order valence-corrected chi connectivity index (χ4v) is 4.76. The summed E-state index contributed by atoms with van der Waals surface area (Å²) < 4.78 is 0. The summed E-state index contributed by atoms with van der Waals surface area (Å²) in [5.74, 6) is 0. The molecule has 0 atom stereocenters. The second-order valence-corrected chi connectivity index (χ2v) is 10.0. The fraction of sp³-hybridized carbons (Fsp3) is 0.806. The summed E-state index contributed by atoms with van der Waals surface area (Å²) in [4.78, 5) is 0. The lowest BCUT2D eigenvalue weighted by Gasteiger charge is -2.04. The summed E-state index contributed by atoms with van der Waals surface area (Å²) in [6.45, 7) is 2.30. The van der Waals surface area contributed by atoms with Crippen LogP contribution >= 0.6 is 0 Å². The van der Waals surface area contributed by atoms with Crippen LogP contribution in [0.1, 0.15) is 160 Å². The highest BCUT2D eigenvalue weighted by atomic mass is 14.0. The van der Waals surface area contributed by atoms with Gasteiger partial charge in [-0.05, 0) is 18.4 Å². The van der Waals surface area contributed by atoms with Crippen LogP contribution in [0.5, 0.6) is 0 Å². The first-order valence-corrected chi connectivity index (χ1v) is 14.5.